The van der Waals surface area contributed by atoms with E-state index in [1.807, 2.05) is 30.5 Å². The van der Waals surface area contributed by atoms with Crippen molar-refractivity contribution in [2.45, 2.75) is 20.0 Å². The van der Waals surface area contributed by atoms with Gasteiger partial charge in [0.05, 0.1) is 19.2 Å². The lowest BCUT2D eigenvalue weighted by Crippen LogP contribution is -2.29. The average molecular weight is 377 g/mol. The fourth-order valence-corrected chi connectivity index (χ4v) is 2.92. The molecule has 0 atom stereocenters. The number of nitrogens with one attached hydrogen (secondary N) is 2. The summed E-state index contributed by atoms with van der Waals surface area (Å²) in [7, 11) is 1.32. The van der Waals surface area contributed by atoms with Crippen LogP contribution in [0, 0.1) is 6.92 Å². The maximum Gasteiger partial charge on any atom is 0.337 e. The highest BCUT2D eigenvalue weighted by molar-refractivity contribution is 5.93. The number of ether oxygens (including phenoxy) is 1. The molecule has 0 radical (unpaired) electrons. The normalized spacial score (nSPS) is 10.4. The number of benzene rings is 2. The van der Waals surface area contributed by atoms with E-state index in [0.717, 1.165) is 12.2 Å². The van der Waals surface area contributed by atoms with Crippen molar-refractivity contribution in [2.24, 2.45) is 0 Å². The van der Waals surface area contributed by atoms with E-state index in [4.69, 9.17) is 4.74 Å². The van der Waals surface area contributed by atoms with Crippen LogP contribution in [0.5, 0.6) is 0 Å². The Morgan fingerprint density at radius 3 is 2.64 bits per heavy atom. The first-order chi connectivity index (χ1) is 13.6. The van der Waals surface area contributed by atoms with Gasteiger partial charge in [-0.25, -0.2) is 9.59 Å². The van der Waals surface area contributed by atoms with Crippen molar-refractivity contribution in [3.8, 4) is 0 Å². The topological polar surface area (TPSA) is 72.4 Å². The molecule has 144 valence electrons. The number of esters is 1. The average Bonchev–Trinajstić information content (AvgIpc) is 3.15. The predicted molar refractivity (Wildman–Crippen MR) is 108 cm³/mol. The number of carbonyl (C=O) groups excluding carboxylic acids is 2. The highest BCUT2D eigenvalue weighted by Crippen LogP contribution is 2.13. The van der Waals surface area contributed by atoms with Crippen LogP contribution >= 0.6 is 0 Å². The van der Waals surface area contributed by atoms with E-state index in [1.165, 1.54) is 18.2 Å². The number of urea groups is 1. The minimum atomic E-state index is -0.446. The predicted octanol–water partition coefficient (Wildman–Crippen LogP) is 3.95. The van der Waals surface area contributed by atoms with E-state index in [2.05, 4.69) is 34.3 Å². The summed E-state index contributed by atoms with van der Waals surface area (Å²) < 4.78 is 6.80. The summed E-state index contributed by atoms with van der Waals surface area (Å²) in [6.45, 7) is 3.23. The van der Waals surface area contributed by atoms with Crippen molar-refractivity contribution < 1.29 is 14.3 Å². The molecule has 2 N–H and O–H groups in total. The van der Waals surface area contributed by atoms with Gasteiger partial charge < -0.3 is 19.9 Å². The molecule has 1 aromatic heterocycles. The molecule has 0 aliphatic rings. The number of methoxy groups -OCH3 is 1. The van der Waals surface area contributed by atoms with Gasteiger partial charge in [-0.05, 0) is 48.4 Å². The van der Waals surface area contributed by atoms with Crippen LogP contribution < -0.4 is 10.6 Å². The number of aromatic nitrogens is 1. The fourth-order valence-electron chi connectivity index (χ4n) is 2.92. The molecule has 3 rings (SSSR count). The Morgan fingerprint density at radius 2 is 1.86 bits per heavy atom. The summed E-state index contributed by atoms with van der Waals surface area (Å²) in [6.07, 6.45) is 2.00. The number of amides is 2. The quantitative estimate of drug-likeness (QED) is 0.639. The second kappa shape index (κ2) is 8.90. The number of hydrogen-bond acceptors (Lipinski definition) is 3. The zero-order chi connectivity index (χ0) is 19.9. The number of rotatable bonds is 6. The van der Waals surface area contributed by atoms with E-state index in [0.29, 0.717) is 17.8 Å². The lowest BCUT2D eigenvalue weighted by molar-refractivity contribution is 0.0600. The van der Waals surface area contributed by atoms with Crippen LogP contribution in [-0.2, 0) is 17.8 Å². The van der Waals surface area contributed by atoms with Gasteiger partial charge >= 0.3 is 12.0 Å². The summed E-state index contributed by atoms with van der Waals surface area (Å²) in [6, 6.07) is 18.5. The third-order valence-corrected chi connectivity index (χ3v) is 4.50. The van der Waals surface area contributed by atoms with Crippen LogP contribution in [0.3, 0.4) is 0 Å². The van der Waals surface area contributed by atoms with Crippen molar-refractivity contribution >= 4 is 17.7 Å². The summed E-state index contributed by atoms with van der Waals surface area (Å²) >= 11 is 0. The molecule has 0 aliphatic heterocycles. The fraction of sp³-hybridized carbons (Fsp3) is 0.182. The van der Waals surface area contributed by atoms with Crippen LogP contribution in [0.15, 0.2) is 66.9 Å². The Kier molecular flexibility index (Phi) is 6.11. The van der Waals surface area contributed by atoms with Gasteiger partial charge in [-0.3, -0.25) is 0 Å². The second-order valence-electron chi connectivity index (χ2n) is 6.43. The Hall–Kier alpha value is -3.54. The summed E-state index contributed by atoms with van der Waals surface area (Å²) in [5, 5.41) is 5.58. The SMILES string of the molecule is COC(=O)c1cccc(NC(=O)NCc2cccn2Cc2ccccc2C)c1. The van der Waals surface area contributed by atoms with Gasteiger partial charge in [-0.2, -0.15) is 0 Å². The molecule has 0 saturated carbocycles. The highest BCUT2D eigenvalue weighted by atomic mass is 16.5. The van der Waals surface area contributed by atoms with E-state index in [9.17, 15) is 9.59 Å². The van der Waals surface area contributed by atoms with Crippen LogP contribution in [-0.4, -0.2) is 23.7 Å². The van der Waals surface area contributed by atoms with Gasteiger partial charge in [0, 0.05) is 24.1 Å². The largest absolute Gasteiger partial charge is 0.465 e. The number of carbonyl (C=O) groups is 2. The van der Waals surface area contributed by atoms with E-state index < -0.39 is 5.97 Å². The van der Waals surface area contributed by atoms with Crippen LogP contribution in [0.4, 0.5) is 10.5 Å². The monoisotopic (exact) mass is 377 g/mol. The molecule has 3 aromatic rings. The zero-order valence-electron chi connectivity index (χ0n) is 15.9. The lowest BCUT2D eigenvalue weighted by Gasteiger charge is -2.13. The third kappa shape index (κ3) is 4.79. The van der Waals surface area contributed by atoms with Crippen LogP contribution in [0.1, 0.15) is 27.2 Å². The number of nitrogens with zero attached hydrogens (tertiary/aromatic N) is 1. The number of anilines is 1. The van der Waals surface area contributed by atoms with Gasteiger partial charge in [0.1, 0.15) is 0 Å². The standard InChI is InChI=1S/C22H23N3O3/c1-16-7-3-4-8-18(16)15-25-12-6-11-20(25)14-23-22(27)24-19-10-5-9-17(13-19)21(26)28-2/h3-13H,14-15H2,1-2H3,(H2,23,24,27). The molecule has 0 aliphatic carbocycles. The minimum absolute atomic E-state index is 0.342. The first kappa shape index (κ1) is 19.2. The van der Waals surface area contributed by atoms with Gasteiger partial charge in [0.2, 0.25) is 0 Å². The number of hydrogen-bond donors (Lipinski definition) is 2. The summed E-state index contributed by atoms with van der Waals surface area (Å²) in [5.74, 6) is -0.446. The Balaban J connectivity index is 1.59. The molecule has 0 bridgehead atoms. The van der Waals surface area contributed by atoms with E-state index >= 15 is 0 Å². The van der Waals surface area contributed by atoms with Crippen LogP contribution in [0.25, 0.3) is 0 Å². The third-order valence-electron chi connectivity index (χ3n) is 4.50. The van der Waals surface area contributed by atoms with Crippen molar-refractivity contribution in [3.63, 3.8) is 0 Å². The van der Waals surface area contributed by atoms with Crippen molar-refractivity contribution in [3.05, 3.63) is 89.2 Å². The second-order valence-corrected chi connectivity index (χ2v) is 6.43. The molecular formula is C22H23N3O3. The Morgan fingerprint density at radius 1 is 1.04 bits per heavy atom. The molecule has 6 nitrogen and oxygen atoms in total. The van der Waals surface area contributed by atoms with Crippen molar-refractivity contribution in [2.75, 3.05) is 12.4 Å². The zero-order valence-corrected chi connectivity index (χ0v) is 15.9. The maximum absolute atomic E-state index is 12.2. The molecule has 0 fully saturated rings. The summed E-state index contributed by atoms with van der Waals surface area (Å²) in [5.41, 5.74) is 4.38. The molecule has 0 unspecified atom stereocenters. The van der Waals surface area contributed by atoms with Crippen LogP contribution in [0.2, 0.25) is 0 Å². The Labute approximate surface area is 164 Å². The van der Waals surface area contributed by atoms with E-state index in [1.54, 1.807) is 24.3 Å². The van der Waals surface area contributed by atoms with E-state index in [-0.39, 0.29) is 6.03 Å². The molecule has 2 amide bonds. The van der Waals surface area contributed by atoms with Gasteiger partial charge in [-0.15, -0.1) is 0 Å². The minimum Gasteiger partial charge on any atom is -0.465 e. The molecule has 0 spiro atoms. The summed E-state index contributed by atoms with van der Waals surface area (Å²) in [4.78, 5) is 23.8. The maximum atomic E-state index is 12.2. The lowest BCUT2D eigenvalue weighted by atomic mass is 10.1. The molecule has 0 saturated heterocycles. The molecule has 1 heterocycles. The molecule has 2 aromatic carbocycles. The van der Waals surface area contributed by atoms with Crippen molar-refractivity contribution in [1.82, 2.24) is 9.88 Å². The van der Waals surface area contributed by atoms with Crippen molar-refractivity contribution in [1.29, 1.82) is 0 Å². The Bertz CT molecular complexity index is 978. The smallest absolute Gasteiger partial charge is 0.337 e. The molecule has 28 heavy (non-hydrogen) atoms. The van der Waals surface area contributed by atoms with Gasteiger partial charge in [0.15, 0.2) is 0 Å². The molecule has 6 heteroatoms. The first-order valence-corrected chi connectivity index (χ1v) is 8.98. The number of aryl methyl sites for hydroxylation is 1. The first-order valence-electron chi connectivity index (χ1n) is 8.98. The van der Waals surface area contributed by atoms with Gasteiger partial charge in [0.25, 0.3) is 0 Å². The van der Waals surface area contributed by atoms with Gasteiger partial charge in [-0.1, -0.05) is 30.3 Å². The molecular weight excluding hydrogens is 354 g/mol. The highest BCUT2D eigenvalue weighted by Gasteiger charge is 2.09.